The number of nitrogens with one attached hydrogen (secondary N) is 1. The lowest BCUT2D eigenvalue weighted by molar-refractivity contribution is -0.117. The zero-order valence-corrected chi connectivity index (χ0v) is 18.4. The summed E-state index contributed by atoms with van der Waals surface area (Å²) in [7, 11) is 0. The predicted octanol–water partition coefficient (Wildman–Crippen LogP) is 4.78. The molecule has 1 saturated heterocycles. The number of benzene rings is 3. The number of para-hydroxylation sites is 2. The minimum atomic E-state index is -0.256. The van der Waals surface area contributed by atoms with Crippen LogP contribution in [-0.2, 0) is 4.79 Å². The maximum absolute atomic E-state index is 13.3. The largest absolute Gasteiger partial charge is 0.368 e. The molecular formula is C27H29N3O2. The third-order valence-electron chi connectivity index (χ3n) is 6.03. The zero-order valence-electron chi connectivity index (χ0n) is 18.4. The van der Waals surface area contributed by atoms with E-state index in [1.807, 2.05) is 78.6 Å². The van der Waals surface area contributed by atoms with Gasteiger partial charge < -0.3 is 15.1 Å². The summed E-state index contributed by atoms with van der Waals surface area (Å²) in [4.78, 5) is 30.5. The van der Waals surface area contributed by atoms with Crippen molar-refractivity contribution in [1.29, 1.82) is 0 Å². The van der Waals surface area contributed by atoms with Gasteiger partial charge in [-0.05, 0) is 36.2 Å². The highest BCUT2D eigenvalue weighted by atomic mass is 16.2. The van der Waals surface area contributed by atoms with Crippen molar-refractivity contribution in [2.45, 2.75) is 19.3 Å². The molecule has 5 heteroatoms. The summed E-state index contributed by atoms with van der Waals surface area (Å²) >= 11 is 0. The van der Waals surface area contributed by atoms with E-state index in [2.05, 4.69) is 22.3 Å². The van der Waals surface area contributed by atoms with Gasteiger partial charge in [-0.25, -0.2) is 0 Å². The second kappa shape index (κ2) is 10.1. The van der Waals surface area contributed by atoms with E-state index in [-0.39, 0.29) is 17.7 Å². The van der Waals surface area contributed by atoms with E-state index >= 15 is 0 Å². The number of piperazine rings is 1. The molecule has 32 heavy (non-hydrogen) atoms. The van der Waals surface area contributed by atoms with Crippen LogP contribution in [-0.4, -0.2) is 42.9 Å². The van der Waals surface area contributed by atoms with Gasteiger partial charge in [-0.2, -0.15) is 0 Å². The Morgan fingerprint density at radius 3 is 2.06 bits per heavy atom. The Morgan fingerprint density at radius 1 is 0.812 bits per heavy atom. The Bertz CT molecular complexity index is 1040. The molecule has 1 N–H and O–H groups in total. The van der Waals surface area contributed by atoms with E-state index in [1.54, 1.807) is 6.07 Å². The maximum atomic E-state index is 13.3. The molecule has 1 heterocycles. The van der Waals surface area contributed by atoms with Crippen LogP contribution in [0.4, 0.5) is 11.4 Å². The average molecular weight is 428 g/mol. The topological polar surface area (TPSA) is 52.7 Å². The Balaban J connectivity index is 1.45. The highest BCUT2D eigenvalue weighted by molar-refractivity contribution is 6.05. The first kappa shape index (κ1) is 21.6. The molecule has 3 aromatic carbocycles. The molecule has 0 unspecified atom stereocenters. The van der Waals surface area contributed by atoms with Crippen molar-refractivity contribution in [2.24, 2.45) is 0 Å². The predicted molar refractivity (Wildman–Crippen MR) is 129 cm³/mol. The van der Waals surface area contributed by atoms with Gasteiger partial charge in [0, 0.05) is 31.9 Å². The summed E-state index contributed by atoms with van der Waals surface area (Å²) in [5.74, 6) is -0.386. The van der Waals surface area contributed by atoms with Gasteiger partial charge in [-0.15, -0.1) is 0 Å². The molecule has 0 aromatic heterocycles. The first-order chi connectivity index (χ1) is 15.7. The van der Waals surface area contributed by atoms with Gasteiger partial charge in [0.2, 0.25) is 5.91 Å². The Kier molecular flexibility index (Phi) is 6.85. The monoisotopic (exact) mass is 427 g/mol. The Labute approximate surface area is 189 Å². The standard InChI is InChI=1S/C27H29N3O2/c1-2-23(21-11-5-3-6-12-21)26(31)28-25-16-10-9-15-24(25)27(32)30-19-17-29(18-20-30)22-13-7-4-8-14-22/h3-16,23H,2,17-20H2,1H3,(H,28,31)/t23-/m1/s1. The summed E-state index contributed by atoms with van der Waals surface area (Å²) in [5.41, 5.74) is 3.27. The van der Waals surface area contributed by atoms with Crippen LogP contribution >= 0.6 is 0 Å². The summed E-state index contributed by atoms with van der Waals surface area (Å²) in [6, 6.07) is 27.3. The van der Waals surface area contributed by atoms with Gasteiger partial charge >= 0.3 is 0 Å². The number of hydrogen-bond donors (Lipinski definition) is 1. The minimum Gasteiger partial charge on any atom is -0.368 e. The van der Waals surface area contributed by atoms with Crippen molar-refractivity contribution in [3.8, 4) is 0 Å². The van der Waals surface area contributed by atoms with Crippen LogP contribution in [0.1, 0.15) is 35.2 Å². The van der Waals surface area contributed by atoms with E-state index in [1.165, 1.54) is 5.69 Å². The fourth-order valence-electron chi connectivity index (χ4n) is 4.23. The third kappa shape index (κ3) is 4.83. The lowest BCUT2D eigenvalue weighted by atomic mass is 9.95. The zero-order chi connectivity index (χ0) is 22.3. The Hall–Kier alpha value is -3.60. The van der Waals surface area contributed by atoms with Crippen molar-refractivity contribution in [3.63, 3.8) is 0 Å². The average Bonchev–Trinajstić information content (AvgIpc) is 2.86. The first-order valence-corrected chi connectivity index (χ1v) is 11.2. The lowest BCUT2D eigenvalue weighted by Gasteiger charge is -2.36. The number of anilines is 2. The molecule has 0 bridgehead atoms. The van der Waals surface area contributed by atoms with Gasteiger partial charge in [0.1, 0.15) is 0 Å². The molecule has 0 spiro atoms. The highest BCUT2D eigenvalue weighted by Crippen LogP contribution is 2.25. The fourth-order valence-corrected chi connectivity index (χ4v) is 4.23. The summed E-state index contributed by atoms with van der Waals surface area (Å²) in [5, 5.41) is 3.02. The SMILES string of the molecule is CC[C@@H](C(=O)Nc1ccccc1C(=O)N1CCN(c2ccccc2)CC1)c1ccccc1. The molecule has 1 atom stereocenters. The Morgan fingerprint density at radius 2 is 1.41 bits per heavy atom. The molecule has 0 saturated carbocycles. The third-order valence-corrected chi connectivity index (χ3v) is 6.03. The molecule has 2 amide bonds. The molecule has 164 valence electrons. The number of amides is 2. The van der Waals surface area contributed by atoms with E-state index in [9.17, 15) is 9.59 Å². The van der Waals surface area contributed by atoms with Gasteiger partial charge in [-0.1, -0.05) is 67.6 Å². The van der Waals surface area contributed by atoms with Crippen LogP contribution in [0.15, 0.2) is 84.9 Å². The van der Waals surface area contributed by atoms with Crippen molar-refractivity contribution in [3.05, 3.63) is 96.1 Å². The van der Waals surface area contributed by atoms with Crippen molar-refractivity contribution < 1.29 is 9.59 Å². The second-order valence-corrected chi connectivity index (χ2v) is 8.02. The number of nitrogens with zero attached hydrogens (tertiary/aromatic N) is 2. The van der Waals surface area contributed by atoms with Crippen LogP contribution in [0.3, 0.4) is 0 Å². The van der Waals surface area contributed by atoms with Crippen molar-refractivity contribution in [2.75, 3.05) is 36.4 Å². The van der Waals surface area contributed by atoms with Crippen LogP contribution < -0.4 is 10.2 Å². The van der Waals surface area contributed by atoms with Gasteiger partial charge in [0.05, 0.1) is 17.2 Å². The highest BCUT2D eigenvalue weighted by Gasteiger charge is 2.25. The van der Waals surface area contributed by atoms with Crippen LogP contribution in [0.2, 0.25) is 0 Å². The number of rotatable bonds is 6. The lowest BCUT2D eigenvalue weighted by Crippen LogP contribution is -2.49. The van der Waals surface area contributed by atoms with Gasteiger partial charge in [0.25, 0.3) is 5.91 Å². The van der Waals surface area contributed by atoms with E-state index < -0.39 is 0 Å². The smallest absolute Gasteiger partial charge is 0.256 e. The van der Waals surface area contributed by atoms with Gasteiger partial charge in [-0.3, -0.25) is 9.59 Å². The molecular weight excluding hydrogens is 398 g/mol. The minimum absolute atomic E-state index is 0.0404. The van der Waals surface area contributed by atoms with Gasteiger partial charge in [0.15, 0.2) is 0 Å². The molecule has 0 radical (unpaired) electrons. The fraction of sp³-hybridized carbons (Fsp3) is 0.259. The number of carbonyl (C=O) groups excluding carboxylic acids is 2. The molecule has 3 aromatic rings. The normalized spacial score (nSPS) is 14.7. The van der Waals surface area contributed by atoms with Crippen LogP contribution in [0.5, 0.6) is 0 Å². The number of hydrogen-bond acceptors (Lipinski definition) is 3. The van der Waals surface area contributed by atoms with Crippen LogP contribution in [0, 0.1) is 0 Å². The molecule has 1 aliphatic heterocycles. The molecule has 0 aliphatic carbocycles. The molecule has 1 aliphatic rings. The van der Waals surface area contributed by atoms with Crippen LogP contribution in [0.25, 0.3) is 0 Å². The second-order valence-electron chi connectivity index (χ2n) is 8.02. The summed E-state index contributed by atoms with van der Waals surface area (Å²) in [6.07, 6.45) is 0.688. The molecule has 4 rings (SSSR count). The maximum Gasteiger partial charge on any atom is 0.256 e. The van der Waals surface area contributed by atoms with E-state index in [4.69, 9.17) is 0 Å². The van der Waals surface area contributed by atoms with E-state index in [0.29, 0.717) is 30.8 Å². The first-order valence-electron chi connectivity index (χ1n) is 11.2. The number of carbonyl (C=O) groups is 2. The van der Waals surface area contributed by atoms with Crippen molar-refractivity contribution >= 4 is 23.2 Å². The molecule has 1 fully saturated rings. The summed E-state index contributed by atoms with van der Waals surface area (Å²) < 4.78 is 0. The van der Waals surface area contributed by atoms with E-state index in [0.717, 1.165) is 18.7 Å². The summed E-state index contributed by atoms with van der Waals surface area (Å²) in [6.45, 7) is 4.88. The van der Waals surface area contributed by atoms with Crippen molar-refractivity contribution in [1.82, 2.24) is 4.90 Å². The quantitative estimate of drug-likeness (QED) is 0.616. The molecule has 5 nitrogen and oxygen atoms in total.